The fourth-order valence-corrected chi connectivity index (χ4v) is 2.11. The minimum atomic E-state index is 0.604. The highest BCUT2D eigenvalue weighted by Gasteiger charge is 1.99. The van der Waals surface area contributed by atoms with E-state index in [-0.39, 0.29) is 0 Å². The zero-order valence-corrected chi connectivity index (χ0v) is 13.0. The Hall–Kier alpha value is -1.02. The van der Waals surface area contributed by atoms with E-state index in [4.69, 9.17) is 4.74 Å². The van der Waals surface area contributed by atoms with Crippen LogP contribution in [0.2, 0.25) is 0 Å². The number of benzene rings is 1. The van der Waals surface area contributed by atoms with Gasteiger partial charge in [-0.15, -0.1) is 0 Å². The molecule has 1 aromatic carbocycles. The van der Waals surface area contributed by atoms with Gasteiger partial charge in [0.15, 0.2) is 0 Å². The highest BCUT2D eigenvalue weighted by molar-refractivity contribution is 5.35. The normalized spacial score (nSPS) is 11.0. The van der Waals surface area contributed by atoms with Crippen molar-refractivity contribution >= 4 is 0 Å². The van der Waals surface area contributed by atoms with E-state index < -0.39 is 0 Å². The van der Waals surface area contributed by atoms with E-state index in [9.17, 15) is 0 Å². The largest absolute Gasteiger partial charge is 0.493 e. The molecule has 0 aliphatic carbocycles. The Labute approximate surface area is 118 Å². The Kier molecular flexibility index (Phi) is 7.57. The van der Waals surface area contributed by atoms with Crippen LogP contribution < -0.4 is 10.1 Å². The first-order valence-corrected chi connectivity index (χ1v) is 7.53. The summed E-state index contributed by atoms with van der Waals surface area (Å²) in [6.07, 6.45) is 4.96. The summed E-state index contributed by atoms with van der Waals surface area (Å²) in [6.45, 7) is 10.6. The second-order valence-corrected chi connectivity index (χ2v) is 5.64. The summed E-state index contributed by atoms with van der Waals surface area (Å²) in [4.78, 5) is 0. The maximum Gasteiger partial charge on any atom is 0.122 e. The Morgan fingerprint density at radius 3 is 2.47 bits per heavy atom. The summed E-state index contributed by atoms with van der Waals surface area (Å²) in [6, 6.07) is 6.97. The van der Waals surface area contributed by atoms with Gasteiger partial charge in [0.1, 0.15) is 5.75 Å². The zero-order chi connectivity index (χ0) is 14.1. The number of nitrogens with one attached hydrogen (secondary N) is 1. The van der Waals surface area contributed by atoms with Crippen LogP contribution in [0.3, 0.4) is 0 Å². The molecular weight excluding hydrogens is 234 g/mol. The molecule has 0 unspecified atom stereocenters. The summed E-state index contributed by atoms with van der Waals surface area (Å²) < 4.78 is 5.82. The van der Waals surface area contributed by atoms with E-state index in [1.165, 1.54) is 30.4 Å². The minimum Gasteiger partial charge on any atom is -0.493 e. The highest BCUT2D eigenvalue weighted by Crippen LogP contribution is 2.19. The van der Waals surface area contributed by atoms with Gasteiger partial charge in [-0.3, -0.25) is 0 Å². The fraction of sp³-hybridized carbons (Fsp3) is 0.647. The van der Waals surface area contributed by atoms with Gasteiger partial charge in [0, 0.05) is 6.04 Å². The number of hydrogen-bond acceptors (Lipinski definition) is 2. The molecule has 2 heteroatoms. The molecule has 108 valence electrons. The van der Waals surface area contributed by atoms with Crippen molar-refractivity contribution in [3.05, 3.63) is 29.3 Å². The van der Waals surface area contributed by atoms with Gasteiger partial charge in [0.25, 0.3) is 0 Å². The number of ether oxygens (including phenoxy) is 1. The Morgan fingerprint density at radius 2 is 1.79 bits per heavy atom. The number of unbranched alkanes of at least 4 members (excludes halogenated alkanes) is 3. The summed E-state index contributed by atoms with van der Waals surface area (Å²) in [7, 11) is 0. The Balaban J connectivity index is 2.04. The molecule has 0 fully saturated rings. The third kappa shape index (κ3) is 7.22. The van der Waals surface area contributed by atoms with Gasteiger partial charge in [0.2, 0.25) is 0 Å². The molecule has 2 nitrogen and oxygen atoms in total. The van der Waals surface area contributed by atoms with Gasteiger partial charge < -0.3 is 10.1 Å². The van der Waals surface area contributed by atoms with E-state index in [1.807, 2.05) is 0 Å². The molecular formula is C17H29NO. The molecule has 1 rings (SSSR count). The molecule has 0 bridgehead atoms. The predicted octanol–water partition coefficient (Wildman–Crippen LogP) is 4.24. The van der Waals surface area contributed by atoms with Crippen molar-refractivity contribution in [2.24, 2.45) is 0 Å². The van der Waals surface area contributed by atoms with Crippen LogP contribution in [0.1, 0.15) is 50.7 Å². The summed E-state index contributed by atoms with van der Waals surface area (Å²) in [5.41, 5.74) is 2.53. The monoisotopic (exact) mass is 263 g/mol. The van der Waals surface area contributed by atoms with Gasteiger partial charge in [-0.05, 0) is 44.9 Å². The van der Waals surface area contributed by atoms with Crippen molar-refractivity contribution in [1.29, 1.82) is 0 Å². The first-order chi connectivity index (χ1) is 9.09. The summed E-state index contributed by atoms with van der Waals surface area (Å²) >= 11 is 0. The minimum absolute atomic E-state index is 0.604. The van der Waals surface area contributed by atoms with Crippen LogP contribution in [0.25, 0.3) is 0 Å². The maximum absolute atomic E-state index is 5.82. The van der Waals surface area contributed by atoms with Crippen molar-refractivity contribution in [3.63, 3.8) is 0 Å². The average Bonchev–Trinajstić information content (AvgIpc) is 2.34. The second-order valence-electron chi connectivity index (χ2n) is 5.64. The number of hydrogen-bond donors (Lipinski definition) is 1. The summed E-state index contributed by atoms with van der Waals surface area (Å²) in [5.74, 6) is 1.03. The fourth-order valence-electron chi connectivity index (χ4n) is 2.11. The van der Waals surface area contributed by atoms with Crippen LogP contribution in [0.15, 0.2) is 18.2 Å². The predicted molar refractivity (Wildman–Crippen MR) is 83.0 cm³/mol. The lowest BCUT2D eigenvalue weighted by atomic mass is 10.1. The lowest BCUT2D eigenvalue weighted by molar-refractivity contribution is 0.302. The molecule has 1 aromatic rings. The van der Waals surface area contributed by atoms with Crippen molar-refractivity contribution in [3.8, 4) is 5.75 Å². The molecule has 0 atom stereocenters. The maximum atomic E-state index is 5.82. The Morgan fingerprint density at radius 1 is 1.05 bits per heavy atom. The molecule has 0 aliphatic rings. The third-order valence-electron chi connectivity index (χ3n) is 3.21. The van der Waals surface area contributed by atoms with Gasteiger partial charge in [0.05, 0.1) is 6.61 Å². The smallest absolute Gasteiger partial charge is 0.122 e. The molecule has 1 N–H and O–H groups in total. The number of rotatable bonds is 9. The SMILES string of the molecule is Cc1ccc(OCCCCCCNC(C)C)c(C)c1. The average molecular weight is 263 g/mol. The topological polar surface area (TPSA) is 21.3 Å². The molecule has 0 heterocycles. The van der Waals surface area contributed by atoms with Crippen LogP contribution in [0.4, 0.5) is 0 Å². The summed E-state index contributed by atoms with van der Waals surface area (Å²) in [5, 5.41) is 3.44. The van der Waals surface area contributed by atoms with Crippen molar-refractivity contribution in [2.75, 3.05) is 13.2 Å². The second kappa shape index (κ2) is 8.98. The quantitative estimate of drug-likeness (QED) is 0.673. The standard InChI is InChI=1S/C17H29NO/c1-14(2)18-11-7-5-6-8-12-19-17-10-9-15(3)13-16(17)4/h9-10,13-14,18H,5-8,11-12H2,1-4H3. The molecule has 0 radical (unpaired) electrons. The lowest BCUT2D eigenvalue weighted by Crippen LogP contribution is -2.23. The molecule has 0 saturated carbocycles. The molecule has 0 aliphatic heterocycles. The van der Waals surface area contributed by atoms with Crippen LogP contribution in [-0.4, -0.2) is 19.2 Å². The van der Waals surface area contributed by atoms with Crippen molar-refractivity contribution in [2.45, 2.75) is 59.4 Å². The number of aryl methyl sites for hydroxylation is 2. The van der Waals surface area contributed by atoms with E-state index in [0.717, 1.165) is 25.3 Å². The van der Waals surface area contributed by atoms with Crippen LogP contribution in [0.5, 0.6) is 5.75 Å². The van der Waals surface area contributed by atoms with Gasteiger partial charge in [-0.1, -0.05) is 44.4 Å². The van der Waals surface area contributed by atoms with E-state index in [0.29, 0.717) is 6.04 Å². The molecule has 0 aromatic heterocycles. The van der Waals surface area contributed by atoms with E-state index in [1.54, 1.807) is 0 Å². The van der Waals surface area contributed by atoms with Crippen LogP contribution in [0, 0.1) is 13.8 Å². The third-order valence-corrected chi connectivity index (χ3v) is 3.21. The lowest BCUT2D eigenvalue weighted by Gasteiger charge is -2.10. The van der Waals surface area contributed by atoms with Crippen LogP contribution >= 0.6 is 0 Å². The van der Waals surface area contributed by atoms with Gasteiger partial charge >= 0.3 is 0 Å². The molecule has 0 saturated heterocycles. The van der Waals surface area contributed by atoms with Crippen LogP contribution in [-0.2, 0) is 0 Å². The first kappa shape index (κ1) is 16.0. The van der Waals surface area contributed by atoms with Crippen molar-refractivity contribution in [1.82, 2.24) is 5.32 Å². The van der Waals surface area contributed by atoms with E-state index >= 15 is 0 Å². The van der Waals surface area contributed by atoms with Gasteiger partial charge in [-0.2, -0.15) is 0 Å². The molecule has 0 spiro atoms. The highest BCUT2D eigenvalue weighted by atomic mass is 16.5. The Bertz CT molecular complexity index is 360. The van der Waals surface area contributed by atoms with Gasteiger partial charge in [-0.25, -0.2) is 0 Å². The van der Waals surface area contributed by atoms with E-state index in [2.05, 4.69) is 51.2 Å². The molecule has 19 heavy (non-hydrogen) atoms. The molecule has 0 amide bonds. The van der Waals surface area contributed by atoms with Crippen molar-refractivity contribution < 1.29 is 4.74 Å². The first-order valence-electron chi connectivity index (χ1n) is 7.53. The zero-order valence-electron chi connectivity index (χ0n) is 13.0.